The van der Waals surface area contributed by atoms with Crippen LogP contribution in [-0.2, 0) is 0 Å². The molecular weight excluding hydrogens is 230 g/mol. The predicted octanol–water partition coefficient (Wildman–Crippen LogP) is 1.65. The van der Waals surface area contributed by atoms with Gasteiger partial charge < -0.3 is 15.0 Å². The smallest absolute Gasteiger partial charge is 0.318 e. The molecule has 1 aliphatic heterocycles. The molecule has 1 N–H and O–H groups in total. The number of nitrogens with zero attached hydrogens (tertiary/aromatic N) is 2. The number of rotatable bonds is 2. The van der Waals surface area contributed by atoms with Crippen molar-refractivity contribution in [2.75, 3.05) is 13.1 Å². The van der Waals surface area contributed by atoms with Crippen LogP contribution in [0.15, 0.2) is 24.4 Å². The summed E-state index contributed by atoms with van der Waals surface area (Å²) in [5.74, 6) is 0.610. The van der Waals surface area contributed by atoms with Crippen LogP contribution in [0.3, 0.4) is 0 Å². The van der Waals surface area contributed by atoms with Crippen LogP contribution in [0.5, 0.6) is 5.88 Å². The van der Waals surface area contributed by atoms with Crippen LogP contribution in [0, 0.1) is 0 Å². The highest BCUT2D eigenvalue weighted by Gasteiger charge is 2.33. The number of carbonyl (C=O) groups is 1. The Morgan fingerprint density at radius 2 is 2.17 bits per heavy atom. The molecule has 0 aromatic carbocycles. The van der Waals surface area contributed by atoms with Crippen molar-refractivity contribution >= 4 is 6.03 Å². The van der Waals surface area contributed by atoms with E-state index < -0.39 is 0 Å². The zero-order valence-corrected chi connectivity index (χ0v) is 11.0. The van der Waals surface area contributed by atoms with Gasteiger partial charge in [-0.05, 0) is 26.8 Å². The molecule has 1 aromatic rings. The van der Waals surface area contributed by atoms with Gasteiger partial charge in [0.15, 0.2) is 0 Å². The van der Waals surface area contributed by atoms with E-state index in [0.29, 0.717) is 19.0 Å². The molecular formula is C13H19N3O2. The van der Waals surface area contributed by atoms with Gasteiger partial charge in [0, 0.05) is 17.8 Å². The molecule has 2 heterocycles. The molecule has 0 radical (unpaired) electrons. The van der Waals surface area contributed by atoms with Gasteiger partial charge in [-0.3, -0.25) is 0 Å². The van der Waals surface area contributed by atoms with E-state index in [1.807, 2.05) is 39.0 Å². The SMILES string of the molecule is CC(C)(C)NC(=O)N1CC(Oc2ccccn2)C1. The molecule has 18 heavy (non-hydrogen) atoms. The molecule has 98 valence electrons. The van der Waals surface area contributed by atoms with Gasteiger partial charge in [0.05, 0.1) is 13.1 Å². The van der Waals surface area contributed by atoms with E-state index >= 15 is 0 Å². The van der Waals surface area contributed by atoms with Gasteiger partial charge in [-0.25, -0.2) is 9.78 Å². The van der Waals surface area contributed by atoms with Gasteiger partial charge in [-0.15, -0.1) is 0 Å². The molecule has 5 nitrogen and oxygen atoms in total. The number of hydrogen-bond acceptors (Lipinski definition) is 3. The minimum atomic E-state index is -0.204. The summed E-state index contributed by atoms with van der Waals surface area (Å²) in [7, 11) is 0. The van der Waals surface area contributed by atoms with Crippen molar-refractivity contribution in [1.82, 2.24) is 15.2 Å². The molecule has 1 saturated heterocycles. The minimum Gasteiger partial charge on any atom is -0.471 e. The summed E-state index contributed by atoms with van der Waals surface area (Å²) < 4.78 is 5.63. The van der Waals surface area contributed by atoms with E-state index in [-0.39, 0.29) is 17.7 Å². The summed E-state index contributed by atoms with van der Waals surface area (Å²) >= 11 is 0. The fourth-order valence-corrected chi connectivity index (χ4v) is 1.67. The van der Waals surface area contributed by atoms with Crippen LogP contribution in [0.1, 0.15) is 20.8 Å². The third-order valence-corrected chi connectivity index (χ3v) is 2.54. The standard InChI is InChI=1S/C13H19N3O2/c1-13(2,3)15-12(17)16-8-10(9-16)18-11-6-4-5-7-14-11/h4-7,10H,8-9H2,1-3H3,(H,15,17). The quantitative estimate of drug-likeness (QED) is 0.867. The van der Waals surface area contributed by atoms with Crippen molar-refractivity contribution in [3.05, 3.63) is 24.4 Å². The van der Waals surface area contributed by atoms with Crippen LogP contribution in [0.2, 0.25) is 0 Å². The second-order valence-corrected chi connectivity index (χ2v) is 5.49. The van der Waals surface area contributed by atoms with Crippen LogP contribution in [0.4, 0.5) is 4.79 Å². The van der Waals surface area contributed by atoms with Crippen LogP contribution in [-0.4, -0.2) is 40.6 Å². The molecule has 2 amide bonds. The lowest BCUT2D eigenvalue weighted by atomic mass is 10.1. The molecule has 0 bridgehead atoms. The maximum Gasteiger partial charge on any atom is 0.318 e. The molecule has 0 atom stereocenters. The first kappa shape index (κ1) is 12.7. The Kier molecular flexibility index (Phi) is 3.41. The molecule has 0 unspecified atom stereocenters. The van der Waals surface area contributed by atoms with E-state index in [2.05, 4.69) is 10.3 Å². The second kappa shape index (κ2) is 4.84. The third-order valence-electron chi connectivity index (χ3n) is 2.54. The van der Waals surface area contributed by atoms with Crippen molar-refractivity contribution in [2.45, 2.75) is 32.4 Å². The summed E-state index contributed by atoms with van der Waals surface area (Å²) in [5.41, 5.74) is -0.204. The Balaban J connectivity index is 1.76. The van der Waals surface area contributed by atoms with Gasteiger partial charge in [-0.2, -0.15) is 0 Å². The Morgan fingerprint density at radius 1 is 1.44 bits per heavy atom. The lowest BCUT2D eigenvalue weighted by molar-refractivity contribution is 0.0393. The third kappa shape index (κ3) is 3.35. The number of aromatic nitrogens is 1. The number of pyridine rings is 1. The number of likely N-dealkylation sites (tertiary alicyclic amines) is 1. The highest BCUT2D eigenvalue weighted by atomic mass is 16.5. The number of ether oxygens (including phenoxy) is 1. The molecule has 0 saturated carbocycles. The number of carbonyl (C=O) groups excluding carboxylic acids is 1. The van der Waals surface area contributed by atoms with Gasteiger partial charge in [-0.1, -0.05) is 6.07 Å². The Bertz CT molecular complexity index is 408. The fraction of sp³-hybridized carbons (Fsp3) is 0.538. The lowest BCUT2D eigenvalue weighted by Crippen LogP contribution is -2.61. The zero-order valence-electron chi connectivity index (χ0n) is 11.0. The average molecular weight is 249 g/mol. The first-order valence-corrected chi connectivity index (χ1v) is 6.09. The van der Waals surface area contributed by atoms with Crippen molar-refractivity contribution < 1.29 is 9.53 Å². The summed E-state index contributed by atoms with van der Waals surface area (Å²) in [6.07, 6.45) is 1.74. The predicted molar refractivity (Wildman–Crippen MR) is 68.5 cm³/mol. The van der Waals surface area contributed by atoms with Gasteiger partial charge in [0.25, 0.3) is 0 Å². The highest BCUT2D eigenvalue weighted by molar-refractivity contribution is 5.75. The molecule has 5 heteroatoms. The molecule has 0 spiro atoms. The van der Waals surface area contributed by atoms with E-state index in [9.17, 15) is 4.79 Å². The fourth-order valence-electron chi connectivity index (χ4n) is 1.67. The van der Waals surface area contributed by atoms with E-state index in [1.54, 1.807) is 11.1 Å². The molecule has 1 aliphatic rings. The van der Waals surface area contributed by atoms with Gasteiger partial charge in [0.2, 0.25) is 5.88 Å². The Labute approximate surface area is 107 Å². The topological polar surface area (TPSA) is 54.5 Å². The Hall–Kier alpha value is -1.78. The second-order valence-electron chi connectivity index (χ2n) is 5.49. The highest BCUT2D eigenvalue weighted by Crippen LogP contribution is 2.16. The molecule has 2 rings (SSSR count). The summed E-state index contributed by atoms with van der Waals surface area (Å²) in [6, 6.07) is 5.50. The molecule has 0 aliphatic carbocycles. The minimum absolute atomic E-state index is 0.0385. The number of hydrogen-bond donors (Lipinski definition) is 1. The van der Waals surface area contributed by atoms with E-state index in [4.69, 9.17) is 4.74 Å². The summed E-state index contributed by atoms with van der Waals surface area (Å²) in [5, 5.41) is 2.92. The summed E-state index contributed by atoms with van der Waals surface area (Å²) in [4.78, 5) is 17.6. The Morgan fingerprint density at radius 3 is 2.72 bits per heavy atom. The normalized spacial score (nSPS) is 16.1. The first-order chi connectivity index (χ1) is 8.44. The first-order valence-electron chi connectivity index (χ1n) is 6.09. The molecule has 1 aromatic heterocycles. The average Bonchev–Trinajstić information content (AvgIpc) is 2.21. The van der Waals surface area contributed by atoms with Gasteiger partial charge in [0.1, 0.15) is 6.10 Å². The largest absolute Gasteiger partial charge is 0.471 e. The van der Waals surface area contributed by atoms with Crippen LogP contribution >= 0.6 is 0 Å². The lowest BCUT2D eigenvalue weighted by Gasteiger charge is -2.40. The summed E-state index contributed by atoms with van der Waals surface area (Å²) in [6.45, 7) is 7.11. The van der Waals surface area contributed by atoms with Crippen molar-refractivity contribution in [3.63, 3.8) is 0 Å². The number of nitrogens with one attached hydrogen (secondary N) is 1. The zero-order chi connectivity index (χ0) is 13.2. The number of amides is 2. The van der Waals surface area contributed by atoms with Crippen molar-refractivity contribution in [2.24, 2.45) is 0 Å². The maximum absolute atomic E-state index is 11.8. The van der Waals surface area contributed by atoms with Crippen LogP contribution < -0.4 is 10.1 Å². The van der Waals surface area contributed by atoms with Gasteiger partial charge >= 0.3 is 6.03 Å². The number of urea groups is 1. The van der Waals surface area contributed by atoms with E-state index in [0.717, 1.165) is 0 Å². The maximum atomic E-state index is 11.8. The van der Waals surface area contributed by atoms with E-state index in [1.165, 1.54) is 0 Å². The monoisotopic (exact) mass is 249 g/mol. The van der Waals surface area contributed by atoms with Crippen molar-refractivity contribution in [1.29, 1.82) is 0 Å². The molecule has 1 fully saturated rings. The van der Waals surface area contributed by atoms with Crippen molar-refractivity contribution in [3.8, 4) is 5.88 Å². The van der Waals surface area contributed by atoms with Crippen LogP contribution in [0.25, 0.3) is 0 Å².